The minimum Gasteiger partial charge on any atom is -0.468 e. The number of nitrogens with zero attached hydrogens (tertiary/aromatic N) is 1. The van der Waals surface area contributed by atoms with Gasteiger partial charge in [-0.2, -0.15) is 0 Å². The quantitative estimate of drug-likeness (QED) is 0.268. The van der Waals surface area contributed by atoms with Gasteiger partial charge in [-0.1, -0.05) is 76.2 Å². The lowest BCUT2D eigenvalue weighted by Gasteiger charge is -2.30. The topological polar surface area (TPSA) is 64.2 Å². The highest BCUT2D eigenvalue weighted by atomic mass is 28.3. The van der Waals surface area contributed by atoms with E-state index >= 15 is 0 Å². The second kappa shape index (κ2) is 10.9. The van der Waals surface area contributed by atoms with E-state index in [2.05, 4.69) is 50.9 Å². The van der Waals surface area contributed by atoms with Crippen LogP contribution in [0, 0.1) is 0 Å². The fourth-order valence-corrected chi connectivity index (χ4v) is 8.92. The molecule has 0 fully saturated rings. The normalized spacial score (nSPS) is 13.3. The number of ether oxygens (including phenoxy) is 2. The molecule has 1 aromatic carbocycles. The number of aromatic amines is 1. The van der Waals surface area contributed by atoms with Crippen LogP contribution in [-0.4, -0.2) is 37.7 Å². The summed E-state index contributed by atoms with van der Waals surface area (Å²) in [6.45, 7) is 14.2. The Morgan fingerprint density at radius 1 is 1.12 bits per heavy atom. The van der Waals surface area contributed by atoms with Gasteiger partial charge in [0, 0.05) is 22.8 Å². The predicted octanol–water partition coefficient (Wildman–Crippen LogP) is 6.05. The van der Waals surface area contributed by atoms with Crippen molar-refractivity contribution in [1.82, 2.24) is 9.97 Å². The van der Waals surface area contributed by atoms with Gasteiger partial charge in [0.05, 0.1) is 25.7 Å². The third-order valence-corrected chi connectivity index (χ3v) is 13.2. The van der Waals surface area contributed by atoms with Crippen molar-refractivity contribution in [2.45, 2.75) is 77.6 Å². The fourth-order valence-electron chi connectivity index (χ4n) is 5.03. The average Bonchev–Trinajstić information content (AvgIpc) is 3.25. The Kier molecular flexibility index (Phi) is 8.37. The molecular weight excluding hydrogens is 440 g/mol. The van der Waals surface area contributed by atoms with Gasteiger partial charge in [-0.15, -0.1) is 0 Å². The lowest BCUT2D eigenvalue weighted by atomic mass is 9.85. The fraction of sp³-hybridized carbons (Fsp3) is 0.500. The van der Waals surface area contributed by atoms with Crippen molar-refractivity contribution in [3.05, 3.63) is 59.3 Å². The molecule has 0 saturated heterocycles. The van der Waals surface area contributed by atoms with Gasteiger partial charge in [-0.05, 0) is 36.6 Å². The number of pyridine rings is 1. The molecule has 0 bridgehead atoms. The standard InChI is InChI=1S/C28H40N2O3Si/c1-8-34(9-2,10-3)26-24(20(4)18-33-19-21-14-12-11-13-15-21)23-16-22(17-29-25(23)30-26)28(5,6)27(31)32-7/h11-17,20H,8-10,18-19H2,1-7H3,(H,29,30)/t20-/m1/s1. The van der Waals surface area contributed by atoms with Gasteiger partial charge >= 0.3 is 5.97 Å². The smallest absolute Gasteiger partial charge is 0.315 e. The Bertz CT molecular complexity index is 1100. The molecule has 6 heteroatoms. The number of aromatic nitrogens is 2. The first kappa shape index (κ1) is 26.2. The van der Waals surface area contributed by atoms with Crippen LogP contribution >= 0.6 is 0 Å². The Morgan fingerprint density at radius 2 is 1.76 bits per heavy atom. The molecule has 0 amide bonds. The highest BCUT2D eigenvalue weighted by Crippen LogP contribution is 2.33. The monoisotopic (exact) mass is 480 g/mol. The van der Waals surface area contributed by atoms with Crippen molar-refractivity contribution in [3.63, 3.8) is 0 Å². The first-order chi connectivity index (χ1) is 16.2. The summed E-state index contributed by atoms with van der Waals surface area (Å²) >= 11 is 0. The van der Waals surface area contributed by atoms with Crippen LogP contribution in [0.25, 0.3) is 11.0 Å². The van der Waals surface area contributed by atoms with Crippen LogP contribution < -0.4 is 5.32 Å². The van der Waals surface area contributed by atoms with Crippen LogP contribution in [0.15, 0.2) is 42.6 Å². The molecule has 2 heterocycles. The largest absolute Gasteiger partial charge is 0.468 e. The van der Waals surface area contributed by atoms with Gasteiger partial charge in [0.25, 0.3) is 0 Å². The molecule has 0 aliphatic carbocycles. The molecule has 34 heavy (non-hydrogen) atoms. The maximum Gasteiger partial charge on any atom is 0.315 e. The number of methoxy groups -OCH3 is 1. The molecule has 5 nitrogen and oxygen atoms in total. The van der Waals surface area contributed by atoms with Gasteiger partial charge in [0.15, 0.2) is 0 Å². The number of benzene rings is 1. The van der Waals surface area contributed by atoms with Crippen LogP contribution in [0.1, 0.15) is 64.2 Å². The van der Waals surface area contributed by atoms with E-state index in [1.807, 2.05) is 38.2 Å². The summed E-state index contributed by atoms with van der Waals surface area (Å²) in [5.74, 6) is -0.0631. The van der Waals surface area contributed by atoms with Crippen LogP contribution in [-0.2, 0) is 26.3 Å². The number of carbonyl (C=O) groups excluding carboxylic acids is 1. The summed E-state index contributed by atoms with van der Waals surface area (Å²) in [5, 5.41) is 2.50. The minimum atomic E-state index is -1.72. The number of rotatable bonds is 11. The molecule has 1 N–H and O–H groups in total. The number of nitrogens with one attached hydrogen (secondary N) is 1. The number of esters is 1. The maximum atomic E-state index is 12.5. The zero-order valence-corrected chi connectivity index (χ0v) is 22.8. The van der Waals surface area contributed by atoms with E-state index in [9.17, 15) is 4.79 Å². The molecule has 0 spiro atoms. The highest BCUT2D eigenvalue weighted by molar-refractivity contribution is 6.91. The minimum absolute atomic E-state index is 0.197. The SMILES string of the molecule is CC[Si](CC)(CC)c1[nH]c2ncc(C(C)(C)C(=O)OC)cc2c1[C@H](C)COCc1ccccc1. The summed E-state index contributed by atoms with van der Waals surface area (Å²) in [6.07, 6.45) is 1.81. The third-order valence-electron chi connectivity index (χ3n) is 7.64. The summed E-state index contributed by atoms with van der Waals surface area (Å²) in [4.78, 5) is 21.0. The Labute approximate surface area is 205 Å². The summed E-state index contributed by atoms with van der Waals surface area (Å²) < 4.78 is 11.3. The van der Waals surface area contributed by atoms with Gasteiger partial charge in [-0.3, -0.25) is 4.79 Å². The van der Waals surface area contributed by atoms with Gasteiger partial charge < -0.3 is 14.5 Å². The van der Waals surface area contributed by atoms with Crippen LogP contribution in [0.4, 0.5) is 0 Å². The summed E-state index contributed by atoms with van der Waals surface area (Å²) in [7, 11) is -0.286. The molecule has 184 valence electrons. The van der Waals surface area contributed by atoms with Gasteiger partial charge in [0.1, 0.15) is 13.7 Å². The number of H-pyrrole nitrogens is 1. The first-order valence-corrected chi connectivity index (χ1v) is 15.1. The van der Waals surface area contributed by atoms with Crippen molar-refractivity contribution in [2.24, 2.45) is 0 Å². The van der Waals surface area contributed by atoms with Crippen molar-refractivity contribution in [2.75, 3.05) is 13.7 Å². The van der Waals surface area contributed by atoms with E-state index in [1.54, 1.807) is 0 Å². The number of carbonyl (C=O) groups is 1. The van der Waals surface area contributed by atoms with Gasteiger partial charge in [0.2, 0.25) is 0 Å². The lowest BCUT2D eigenvalue weighted by molar-refractivity contribution is -0.146. The zero-order valence-electron chi connectivity index (χ0n) is 21.8. The van der Waals surface area contributed by atoms with E-state index in [1.165, 1.54) is 41.7 Å². The lowest BCUT2D eigenvalue weighted by Crippen LogP contribution is -2.48. The predicted molar refractivity (Wildman–Crippen MR) is 142 cm³/mol. The Balaban J connectivity index is 2.07. The van der Waals surface area contributed by atoms with E-state index in [0.29, 0.717) is 13.2 Å². The molecule has 3 aromatic rings. The van der Waals surface area contributed by atoms with Crippen molar-refractivity contribution in [1.29, 1.82) is 0 Å². The third kappa shape index (κ3) is 4.98. The van der Waals surface area contributed by atoms with Gasteiger partial charge in [-0.25, -0.2) is 4.98 Å². The molecule has 0 aliphatic heterocycles. The summed E-state index contributed by atoms with van der Waals surface area (Å²) in [5.41, 5.74) is 3.49. The second-order valence-corrected chi connectivity index (χ2v) is 15.1. The maximum absolute atomic E-state index is 12.5. The molecule has 0 radical (unpaired) electrons. The van der Waals surface area contributed by atoms with Crippen molar-refractivity contribution >= 4 is 30.4 Å². The Hall–Kier alpha value is -2.44. The molecule has 3 rings (SSSR count). The van der Waals surface area contributed by atoms with Crippen LogP contribution in [0.5, 0.6) is 0 Å². The van der Waals surface area contributed by atoms with E-state index in [4.69, 9.17) is 14.5 Å². The van der Waals surface area contributed by atoms with E-state index < -0.39 is 13.5 Å². The second-order valence-electron chi connectivity index (χ2n) is 9.89. The van der Waals surface area contributed by atoms with E-state index in [-0.39, 0.29) is 11.9 Å². The first-order valence-electron chi connectivity index (χ1n) is 12.5. The molecule has 0 aliphatic rings. The molecule has 0 unspecified atom stereocenters. The van der Waals surface area contributed by atoms with Crippen molar-refractivity contribution in [3.8, 4) is 0 Å². The van der Waals surface area contributed by atoms with E-state index in [0.717, 1.165) is 16.6 Å². The number of hydrogen-bond acceptors (Lipinski definition) is 4. The zero-order chi connectivity index (χ0) is 24.9. The highest BCUT2D eigenvalue weighted by Gasteiger charge is 2.37. The average molecular weight is 481 g/mol. The molecule has 1 atom stereocenters. The molecular formula is C28H40N2O3Si. The molecule has 0 saturated carbocycles. The van der Waals surface area contributed by atoms with Crippen molar-refractivity contribution < 1.29 is 14.3 Å². The summed E-state index contributed by atoms with van der Waals surface area (Å²) in [6, 6.07) is 16.0. The molecule has 2 aromatic heterocycles. The van der Waals surface area contributed by atoms with Crippen LogP contribution in [0.3, 0.4) is 0 Å². The number of hydrogen-bond donors (Lipinski definition) is 1. The Morgan fingerprint density at radius 3 is 2.35 bits per heavy atom. The number of fused-ring (bicyclic) bond motifs is 1. The van der Waals surface area contributed by atoms with Crippen LogP contribution in [0.2, 0.25) is 18.1 Å².